The minimum atomic E-state index is -0.268. The molecule has 1 aromatic heterocycles. The number of rotatable bonds is 7. The molecule has 33 heavy (non-hydrogen) atoms. The molecule has 0 bridgehead atoms. The molecule has 7 heteroatoms. The molecule has 0 saturated carbocycles. The Morgan fingerprint density at radius 1 is 1.06 bits per heavy atom. The number of aryl methyl sites for hydroxylation is 1. The summed E-state index contributed by atoms with van der Waals surface area (Å²) >= 11 is 6.37. The first-order valence-electron chi connectivity index (χ1n) is 11.6. The summed E-state index contributed by atoms with van der Waals surface area (Å²) in [5, 5.41) is 5.06. The number of carbonyl (C=O) groups is 2. The molecule has 2 amide bonds. The van der Waals surface area contributed by atoms with Crippen LogP contribution >= 0.6 is 11.6 Å². The number of piperidine rings is 1. The standard InChI is InChI=1S/C26H30ClN3O3/c1-2-33-26(32)29-15-13-21(14-16-29)28-25(31)12-11-19-17-30(24-10-6-4-8-22(19)24)18-20-7-3-5-9-23(20)27/h3-10,17,21H,2,11-16,18H2,1H3,(H,28,31). The molecule has 0 atom stereocenters. The average molecular weight is 468 g/mol. The summed E-state index contributed by atoms with van der Waals surface area (Å²) in [4.78, 5) is 26.2. The van der Waals surface area contributed by atoms with E-state index >= 15 is 0 Å². The number of halogens is 1. The Bertz CT molecular complexity index is 1120. The van der Waals surface area contributed by atoms with E-state index in [-0.39, 0.29) is 18.0 Å². The summed E-state index contributed by atoms with van der Waals surface area (Å²) in [7, 11) is 0. The first-order valence-corrected chi connectivity index (χ1v) is 11.9. The maximum atomic E-state index is 12.6. The molecule has 3 aromatic rings. The normalized spacial score (nSPS) is 14.4. The Kier molecular flexibility index (Phi) is 7.55. The highest BCUT2D eigenvalue weighted by Gasteiger charge is 2.24. The van der Waals surface area contributed by atoms with Gasteiger partial charge in [-0.2, -0.15) is 0 Å². The topological polar surface area (TPSA) is 63.6 Å². The highest BCUT2D eigenvalue weighted by molar-refractivity contribution is 6.31. The van der Waals surface area contributed by atoms with Crippen LogP contribution in [0.1, 0.15) is 37.3 Å². The van der Waals surface area contributed by atoms with Gasteiger partial charge < -0.3 is 19.5 Å². The fourth-order valence-electron chi connectivity index (χ4n) is 4.43. The first-order chi connectivity index (χ1) is 16.0. The summed E-state index contributed by atoms with van der Waals surface area (Å²) < 4.78 is 7.26. The van der Waals surface area contributed by atoms with Gasteiger partial charge in [0.2, 0.25) is 5.91 Å². The van der Waals surface area contributed by atoms with Gasteiger partial charge in [0.25, 0.3) is 0 Å². The molecule has 174 valence electrons. The third-order valence-corrected chi connectivity index (χ3v) is 6.55. The molecule has 1 N–H and O–H groups in total. The second-order valence-corrected chi connectivity index (χ2v) is 8.83. The van der Waals surface area contributed by atoms with E-state index in [9.17, 15) is 9.59 Å². The summed E-state index contributed by atoms with van der Waals surface area (Å²) in [6.07, 6.45) is 4.47. The van der Waals surface area contributed by atoms with E-state index in [1.807, 2.05) is 36.4 Å². The minimum absolute atomic E-state index is 0.0486. The molecule has 0 spiro atoms. The number of nitrogens with one attached hydrogen (secondary N) is 1. The molecule has 0 aliphatic carbocycles. The van der Waals surface area contributed by atoms with Crippen LogP contribution in [-0.2, 0) is 22.5 Å². The number of benzene rings is 2. The van der Waals surface area contributed by atoms with Gasteiger partial charge in [-0.1, -0.05) is 48.0 Å². The molecule has 2 aromatic carbocycles. The molecule has 0 unspecified atom stereocenters. The van der Waals surface area contributed by atoms with E-state index in [0.29, 0.717) is 39.1 Å². The lowest BCUT2D eigenvalue weighted by Crippen LogP contribution is -2.46. The Balaban J connectivity index is 1.35. The molecular formula is C26H30ClN3O3. The summed E-state index contributed by atoms with van der Waals surface area (Å²) in [6.45, 7) is 4.09. The van der Waals surface area contributed by atoms with Crippen LogP contribution in [0.2, 0.25) is 5.02 Å². The second kappa shape index (κ2) is 10.8. The third kappa shape index (κ3) is 5.69. The fraction of sp³-hybridized carbons (Fsp3) is 0.385. The lowest BCUT2D eigenvalue weighted by atomic mass is 10.0. The zero-order valence-electron chi connectivity index (χ0n) is 18.9. The Morgan fingerprint density at radius 3 is 2.55 bits per heavy atom. The molecule has 4 rings (SSSR count). The average Bonchev–Trinajstić information content (AvgIpc) is 3.17. The Labute approximate surface area is 199 Å². The van der Waals surface area contributed by atoms with E-state index in [1.54, 1.807) is 11.8 Å². The Morgan fingerprint density at radius 2 is 1.79 bits per heavy atom. The zero-order valence-corrected chi connectivity index (χ0v) is 19.7. The van der Waals surface area contributed by atoms with Crippen LogP contribution < -0.4 is 5.32 Å². The molecule has 1 aliphatic heterocycles. The van der Waals surface area contributed by atoms with Gasteiger partial charge in [-0.3, -0.25) is 4.79 Å². The van der Waals surface area contributed by atoms with Gasteiger partial charge in [-0.25, -0.2) is 4.79 Å². The molecule has 0 radical (unpaired) electrons. The maximum Gasteiger partial charge on any atom is 0.409 e. The van der Waals surface area contributed by atoms with Crippen molar-refractivity contribution in [1.29, 1.82) is 0 Å². The molecule has 2 heterocycles. The van der Waals surface area contributed by atoms with Crippen LogP contribution in [0.15, 0.2) is 54.7 Å². The van der Waals surface area contributed by atoms with Crippen molar-refractivity contribution in [3.63, 3.8) is 0 Å². The van der Waals surface area contributed by atoms with Crippen LogP contribution in [0, 0.1) is 0 Å². The van der Waals surface area contributed by atoms with E-state index in [4.69, 9.17) is 16.3 Å². The number of aromatic nitrogens is 1. The predicted octanol–water partition coefficient (Wildman–Crippen LogP) is 5.01. The SMILES string of the molecule is CCOC(=O)N1CCC(NC(=O)CCc2cn(Cc3ccccc3Cl)c3ccccc23)CC1. The molecular weight excluding hydrogens is 438 g/mol. The van der Waals surface area contributed by atoms with Gasteiger partial charge in [0, 0.05) is 54.2 Å². The van der Waals surface area contributed by atoms with Gasteiger partial charge in [0.1, 0.15) is 0 Å². The van der Waals surface area contributed by atoms with E-state index in [2.05, 4.69) is 28.2 Å². The maximum absolute atomic E-state index is 12.6. The van der Waals surface area contributed by atoms with Gasteiger partial charge in [-0.05, 0) is 49.4 Å². The van der Waals surface area contributed by atoms with Crippen LogP contribution in [0.5, 0.6) is 0 Å². The van der Waals surface area contributed by atoms with Crippen molar-refractivity contribution in [3.05, 3.63) is 70.9 Å². The van der Waals surface area contributed by atoms with Crippen molar-refractivity contribution < 1.29 is 14.3 Å². The van der Waals surface area contributed by atoms with Crippen molar-refractivity contribution in [2.75, 3.05) is 19.7 Å². The van der Waals surface area contributed by atoms with Crippen molar-refractivity contribution in [2.45, 2.75) is 45.2 Å². The highest BCUT2D eigenvalue weighted by atomic mass is 35.5. The number of para-hydroxylation sites is 1. The second-order valence-electron chi connectivity index (χ2n) is 8.42. The van der Waals surface area contributed by atoms with Gasteiger partial charge in [-0.15, -0.1) is 0 Å². The van der Waals surface area contributed by atoms with Crippen molar-refractivity contribution in [1.82, 2.24) is 14.8 Å². The largest absolute Gasteiger partial charge is 0.450 e. The van der Waals surface area contributed by atoms with Crippen LogP contribution in [-0.4, -0.2) is 47.2 Å². The number of fused-ring (bicyclic) bond motifs is 1. The number of likely N-dealkylation sites (tertiary alicyclic amines) is 1. The molecule has 1 fully saturated rings. The van der Waals surface area contributed by atoms with Crippen molar-refractivity contribution >= 4 is 34.5 Å². The summed E-state index contributed by atoms with van der Waals surface area (Å²) in [5.41, 5.74) is 3.36. The molecule has 6 nitrogen and oxygen atoms in total. The molecule has 1 saturated heterocycles. The van der Waals surface area contributed by atoms with E-state index < -0.39 is 0 Å². The fourth-order valence-corrected chi connectivity index (χ4v) is 4.63. The number of nitrogens with zero attached hydrogens (tertiary/aromatic N) is 2. The van der Waals surface area contributed by atoms with Gasteiger partial charge in [0.15, 0.2) is 0 Å². The van der Waals surface area contributed by atoms with Crippen LogP contribution in [0.25, 0.3) is 10.9 Å². The number of ether oxygens (including phenoxy) is 1. The number of carbonyl (C=O) groups excluding carboxylic acids is 2. The quantitative estimate of drug-likeness (QED) is 0.531. The smallest absolute Gasteiger partial charge is 0.409 e. The highest BCUT2D eigenvalue weighted by Crippen LogP contribution is 2.25. The van der Waals surface area contributed by atoms with Crippen LogP contribution in [0.4, 0.5) is 4.79 Å². The Hall–Kier alpha value is -2.99. The van der Waals surface area contributed by atoms with Crippen molar-refractivity contribution in [3.8, 4) is 0 Å². The summed E-state index contributed by atoms with van der Waals surface area (Å²) in [6, 6.07) is 16.3. The number of amides is 2. The van der Waals surface area contributed by atoms with Crippen molar-refractivity contribution in [2.24, 2.45) is 0 Å². The lowest BCUT2D eigenvalue weighted by Gasteiger charge is -2.31. The van der Waals surface area contributed by atoms with E-state index in [0.717, 1.165) is 34.5 Å². The van der Waals surface area contributed by atoms with Gasteiger partial charge >= 0.3 is 6.09 Å². The summed E-state index contributed by atoms with van der Waals surface area (Å²) in [5.74, 6) is 0.0486. The number of hydrogen-bond donors (Lipinski definition) is 1. The zero-order chi connectivity index (χ0) is 23.2. The van der Waals surface area contributed by atoms with E-state index in [1.165, 1.54) is 5.39 Å². The lowest BCUT2D eigenvalue weighted by molar-refractivity contribution is -0.122. The van der Waals surface area contributed by atoms with Gasteiger partial charge in [0.05, 0.1) is 6.61 Å². The molecule has 1 aliphatic rings. The predicted molar refractivity (Wildman–Crippen MR) is 131 cm³/mol. The third-order valence-electron chi connectivity index (χ3n) is 6.18. The number of hydrogen-bond acceptors (Lipinski definition) is 3. The minimum Gasteiger partial charge on any atom is -0.450 e. The first kappa shape index (κ1) is 23.2. The van der Waals surface area contributed by atoms with Crippen LogP contribution in [0.3, 0.4) is 0 Å². The monoisotopic (exact) mass is 467 g/mol.